The summed E-state index contributed by atoms with van der Waals surface area (Å²) in [5, 5.41) is 8.53. The van der Waals surface area contributed by atoms with E-state index in [1.165, 1.54) is 0 Å². The molecule has 0 heterocycles. The molecular weight excluding hydrogens is 262 g/mol. The summed E-state index contributed by atoms with van der Waals surface area (Å²) in [6.07, 6.45) is 1.77. The van der Waals surface area contributed by atoms with Gasteiger partial charge in [-0.15, -0.1) is 0 Å². The van der Waals surface area contributed by atoms with Gasteiger partial charge >= 0.3 is 0 Å². The van der Waals surface area contributed by atoms with Gasteiger partial charge in [0.1, 0.15) is 0 Å². The number of nitrogens with two attached hydrogens (primary N) is 2. The molecule has 0 aromatic heterocycles. The lowest BCUT2D eigenvalue weighted by Crippen LogP contribution is -2.34. The Balaban J connectivity index is 3.12. The van der Waals surface area contributed by atoms with Crippen molar-refractivity contribution in [3.05, 3.63) is 28.8 Å². The number of guanidine groups is 2. The molecule has 0 atom stereocenters. The fraction of sp³-hybridized carbons (Fsp3) is 0.385. The van der Waals surface area contributed by atoms with Crippen LogP contribution >= 0.6 is 11.6 Å². The second-order valence-corrected chi connectivity index (χ2v) is 4.56. The number of hydrogen-bond donors (Lipinski definition) is 3. The average molecular weight is 282 g/mol. The van der Waals surface area contributed by atoms with Crippen molar-refractivity contribution in [2.24, 2.45) is 16.5 Å². The molecule has 19 heavy (non-hydrogen) atoms. The Labute approximate surface area is 118 Å². The number of benzene rings is 1. The van der Waals surface area contributed by atoms with Crippen molar-refractivity contribution in [2.45, 2.75) is 26.7 Å². The van der Waals surface area contributed by atoms with Crippen molar-refractivity contribution in [2.75, 3.05) is 11.4 Å². The first-order valence-corrected chi connectivity index (χ1v) is 6.61. The molecule has 6 heteroatoms. The van der Waals surface area contributed by atoms with E-state index in [2.05, 4.69) is 11.9 Å². The Morgan fingerprint density at radius 2 is 2.05 bits per heavy atom. The number of nitrogens with one attached hydrogen (secondary N) is 1. The zero-order valence-corrected chi connectivity index (χ0v) is 12.0. The molecule has 0 amide bonds. The topological polar surface area (TPSA) is 91.5 Å². The number of aliphatic imine (C=N–C) groups is 1. The second kappa shape index (κ2) is 6.99. The van der Waals surface area contributed by atoms with Crippen molar-refractivity contribution < 1.29 is 0 Å². The summed E-state index contributed by atoms with van der Waals surface area (Å²) in [6.45, 7) is 4.71. The molecule has 1 rings (SSSR count). The largest absolute Gasteiger partial charge is 0.370 e. The third-order valence-corrected chi connectivity index (χ3v) is 2.95. The van der Waals surface area contributed by atoms with Crippen LogP contribution < -0.4 is 16.4 Å². The molecule has 1 aromatic carbocycles. The summed E-state index contributed by atoms with van der Waals surface area (Å²) in [7, 11) is 0. The molecule has 0 saturated carbocycles. The van der Waals surface area contributed by atoms with Crippen LogP contribution in [0, 0.1) is 5.41 Å². The Bertz CT molecular complexity index is 480. The lowest BCUT2D eigenvalue weighted by molar-refractivity contribution is 0.893. The van der Waals surface area contributed by atoms with E-state index >= 15 is 0 Å². The van der Waals surface area contributed by atoms with Crippen LogP contribution in [-0.2, 0) is 6.42 Å². The molecule has 0 unspecified atom stereocenters. The van der Waals surface area contributed by atoms with Crippen molar-refractivity contribution in [1.82, 2.24) is 0 Å². The van der Waals surface area contributed by atoms with E-state index in [-0.39, 0.29) is 11.9 Å². The van der Waals surface area contributed by atoms with E-state index in [1.54, 1.807) is 4.90 Å². The zero-order chi connectivity index (χ0) is 14.4. The molecular formula is C13H20ClN5. The monoisotopic (exact) mass is 281 g/mol. The summed E-state index contributed by atoms with van der Waals surface area (Å²) in [5.41, 5.74) is 12.5. The van der Waals surface area contributed by atoms with Gasteiger partial charge < -0.3 is 16.4 Å². The smallest absolute Gasteiger partial charge is 0.225 e. The number of aryl methyl sites for hydroxylation is 1. The molecule has 0 aliphatic heterocycles. The average Bonchev–Trinajstić information content (AvgIpc) is 2.35. The van der Waals surface area contributed by atoms with Crippen LogP contribution in [0.3, 0.4) is 0 Å². The maximum atomic E-state index is 7.93. The summed E-state index contributed by atoms with van der Waals surface area (Å²) < 4.78 is 0. The van der Waals surface area contributed by atoms with Crippen molar-refractivity contribution in [3.8, 4) is 0 Å². The van der Waals surface area contributed by atoms with E-state index in [0.29, 0.717) is 11.6 Å². The van der Waals surface area contributed by atoms with Gasteiger partial charge in [-0.25, -0.2) is 0 Å². The first-order valence-electron chi connectivity index (χ1n) is 6.23. The molecule has 0 spiro atoms. The second-order valence-electron chi connectivity index (χ2n) is 4.15. The van der Waals surface area contributed by atoms with E-state index in [0.717, 1.165) is 24.1 Å². The van der Waals surface area contributed by atoms with Gasteiger partial charge in [0, 0.05) is 6.54 Å². The third-order valence-electron chi connectivity index (χ3n) is 2.65. The summed E-state index contributed by atoms with van der Waals surface area (Å²) in [6, 6.07) is 5.79. The normalized spacial score (nSPS) is 10.1. The maximum absolute atomic E-state index is 7.93. The summed E-state index contributed by atoms with van der Waals surface area (Å²) in [4.78, 5) is 5.48. The molecule has 0 bridgehead atoms. The molecule has 5 nitrogen and oxygen atoms in total. The molecule has 1 aromatic rings. The number of anilines is 1. The number of rotatable bonds is 4. The molecule has 0 saturated heterocycles. The van der Waals surface area contributed by atoms with Crippen molar-refractivity contribution in [3.63, 3.8) is 0 Å². The molecule has 0 aliphatic rings. The van der Waals surface area contributed by atoms with E-state index in [9.17, 15) is 0 Å². The highest BCUT2D eigenvalue weighted by molar-refractivity contribution is 6.34. The SMILES string of the molecule is CCCN(C(=N)N=C(N)N)c1ccc(CC)cc1Cl. The van der Waals surface area contributed by atoms with Crippen LogP contribution in [-0.4, -0.2) is 18.5 Å². The number of nitrogens with zero attached hydrogens (tertiary/aromatic N) is 2. The Kier molecular flexibility index (Phi) is 5.63. The van der Waals surface area contributed by atoms with Crippen LogP contribution in [0.25, 0.3) is 0 Å². The van der Waals surface area contributed by atoms with Gasteiger partial charge in [0.05, 0.1) is 10.7 Å². The van der Waals surface area contributed by atoms with Crippen LogP contribution in [0.1, 0.15) is 25.8 Å². The highest BCUT2D eigenvalue weighted by Crippen LogP contribution is 2.27. The Morgan fingerprint density at radius 1 is 1.37 bits per heavy atom. The van der Waals surface area contributed by atoms with Crippen molar-refractivity contribution in [1.29, 1.82) is 5.41 Å². The number of hydrogen-bond acceptors (Lipinski definition) is 1. The minimum Gasteiger partial charge on any atom is -0.370 e. The lowest BCUT2D eigenvalue weighted by atomic mass is 10.1. The van der Waals surface area contributed by atoms with Gasteiger partial charge in [-0.05, 0) is 30.5 Å². The van der Waals surface area contributed by atoms with Gasteiger partial charge in [0.15, 0.2) is 5.96 Å². The van der Waals surface area contributed by atoms with Gasteiger partial charge in [-0.3, -0.25) is 5.41 Å². The van der Waals surface area contributed by atoms with Gasteiger partial charge in [0.25, 0.3) is 0 Å². The van der Waals surface area contributed by atoms with Crippen LogP contribution in [0.4, 0.5) is 5.69 Å². The molecule has 0 radical (unpaired) electrons. The Morgan fingerprint density at radius 3 is 2.53 bits per heavy atom. The predicted octanol–water partition coefficient (Wildman–Crippen LogP) is 2.33. The van der Waals surface area contributed by atoms with Gasteiger partial charge in [-0.2, -0.15) is 4.99 Å². The van der Waals surface area contributed by atoms with Crippen molar-refractivity contribution >= 4 is 29.2 Å². The number of halogens is 1. The molecule has 0 aliphatic carbocycles. The highest BCUT2D eigenvalue weighted by atomic mass is 35.5. The highest BCUT2D eigenvalue weighted by Gasteiger charge is 2.14. The third kappa shape index (κ3) is 4.13. The summed E-state index contributed by atoms with van der Waals surface area (Å²) in [5.74, 6) is -0.139. The van der Waals surface area contributed by atoms with Crippen LogP contribution in [0.2, 0.25) is 5.02 Å². The predicted molar refractivity (Wildman–Crippen MR) is 82.0 cm³/mol. The first-order chi connectivity index (χ1) is 8.99. The molecule has 104 valence electrons. The fourth-order valence-corrected chi connectivity index (χ4v) is 2.04. The van der Waals surface area contributed by atoms with Gasteiger partial charge in [0.2, 0.25) is 5.96 Å². The maximum Gasteiger partial charge on any atom is 0.225 e. The zero-order valence-electron chi connectivity index (χ0n) is 11.3. The molecule has 5 N–H and O–H groups in total. The van der Waals surface area contributed by atoms with Crippen LogP contribution in [0.5, 0.6) is 0 Å². The lowest BCUT2D eigenvalue weighted by Gasteiger charge is -2.23. The van der Waals surface area contributed by atoms with Crippen LogP contribution in [0.15, 0.2) is 23.2 Å². The first kappa shape index (κ1) is 15.3. The standard InChI is InChI=1S/C13H20ClN5/c1-3-7-19(13(17)18-12(15)16)11-6-5-9(4-2)8-10(11)14/h5-6,8H,3-4,7H2,1-2H3,(H5,15,16,17,18). The summed E-state index contributed by atoms with van der Waals surface area (Å²) >= 11 is 6.27. The van der Waals surface area contributed by atoms with Gasteiger partial charge in [-0.1, -0.05) is 31.5 Å². The molecule has 0 fully saturated rings. The minimum atomic E-state index is -0.132. The minimum absolute atomic E-state index is 0.00648. The Hall–Kier alpha value is -1.75. The quantitative estimate of drug-likeness (QED) is 0.584. The van der Waals surface area contributed by atoms with E-state index in [4.69, 9.17) is 28.5 Å². The van der Waals surface area contributed by atoms with E-state index in [1.807, 2.05) is 25.1 Å². The van der Waals surface area contributed by atoms with E-state index < -0.39 is 0 Å². The fourth-order valence-electron chi connectivity index (χ4n) is 1.74.